The number of hydrogen-bond donors (Lipinski definition) is 2. The lowest BCUT2D eigenvalue weighted by Gasteiger charge is -2.02. The first-order valence-corrected chi connectivity index (χ1v) is 6.77. The van der Waals surface area contributed by atoms with Gasteiger partial charge in [-0.25, -0.2) is 8.42 Å². The standard InChI is InChI=1S/C8H17N3O2S/c1-14(12,13)6-2-5-10-8(9)11-7-3-4-7/h7H,2-6H2,1H3,(H3,9,10,11). The number of nitrogens with two attached hydrogens (primary N) is 1. The van der Waals surface area contributed by atoms with Gasteiger partial charge in [-0.1, -0.05) is 0 Å². The van der Waals surface area contributed by atoms with Gasteiger partial charge in [0.05, 0.1) is 5.75 Å². The molecule has 1 saturated carbocycles. The van der Waals surface area contributed by atoms with Gasteiger partial charge in [-0.15, -0.1) is 0 Å². The summed E-state index contributed by atoms with van der Waals surface area (Å²) in [5.74, 6) is 0.605. The molecule has 14 heavy (non-hydrogen) atoms. The fourth-order valence-electron chi connectivity index (χ4n) is 1.01. The first-order chi connectivity index (χ1) is 6.47. The molecule has 82 valence electrons. The highest BCUT2D eigenvalue weighted by Gasteiger charge is 2.21. The normalized spacial score (nSPS) is 18.2. The van der Waals surface area contributed by atoms with E-state index in [9.17, 15) is 8.42 Å². The molecular weight excluding hydrogens is 202 g/mol. The van der Waals surface area contributed by atoms with E-state index in [1.165, 1.54) is 6.26 Å². The third kappa shape index (κ3) is 5.80. The molecule has 0 aliphatic heterocycles. The first-order valence-electron chi connectivity index (χ1n) is 4.71. The van der Waals surface area contributed by atoms with Crippen LogP contribution in [0.15, 0.2) is 4.99 Å². The summed E-state index contributed by atoms with van der Waals surface area (Å²) in [6.45, 7) is 0.471. The van der Waals surface area contributed by atoms with Gasteiger partial charge in [-0.3, -0.25) is 4.99 Å². The predicted octanol–water partition coefficient (Wildman–Crippen LogP) is -0.512. The Kier molecular flexibility index (Phi) is 3.74. The van der Waals surface area contributed by atoms with Crippen molar-refractivity contribution in [3.05, 3.63) is 0 Å². The molecule has 1 rings (SSSR count). The fourth-order valence-corrected chi connectivity index (χ4v) is 1.66. The van der Waals surface area contributed by atoms with Gasteiger partial charge in [0.2, 0.25) is 0 Å². The van der Waals surface area contributed by atoms with E-state index in [-0.39, 0.29) is 5.75 Å². The number of aliphatic imine (C=N–C) groups is 1. The summed E-state index contributed by atoms with van der Waals surface area (Å²) in [6.07, 6.45) is 4.06. The molecule has 0 amide bonds. The summed E-state index contributed by atoms with van der Waals surface area (Å²) in [4.78, 5) is 4.03. The van der Waals surface area contributed by atoms with Gasteiger partial charge >= 0.3 is 0 Å². The molecule has 1 fully saturated rings. The van der Waals surface area contributed by atoms with Crippen LogP contribution in [0.3, 0.4) is 0 Å². The van der Waals surface area contributed by atoms with E-state index in [0.29, 0.717) is 25.0 Å². The largest absolute Gasteiger partial charge is 0.370 e. The Morgan fingerprint density at radius 1 is 1.57 bits per heavy atom. The Bertz CT molecular complexity index is 307. The first kappa shape index (κ1) is 11.3. The van der Waals surface area contributed by atoms with Crippen molar-refractivity contribution >= 4 is 15.8 Å². The van der Waals surface area contributed by atoms with Gasteiger partial charge in [0.25, 0.3) is 0 Å². The van der Waals surface area contributed by atoms with E-state index in [1.807, 2.05) is 0 Å². The lowest BCUT2D eigenvalue weighted by molar-refractivity contribution is 0.599. The summed E-state index contributed by atoms with van der Waals surface area (Å²) in [5.41, 5.74) is 5.55. The van der Waals surface area contributed by atoms with E-state index < -0.39 is 9.84 Å². The minimum Gasteiger partial charge on any atom is -0.370 e. The molecular formula is C8H17N3O2S. The molecule has 0 aromatic heterocycles. The fraction of sp³-hybridized carbons (Fsp3) is 0.875. The zero-order valence-electron chi connectivity index (χ0n) is 8.36. The second-order valence-corrected chi connectivity index (χ2v) is 5.93. The zero-order valence-corrected chi connectivity index (χ0v) is 9.18. The lowest BCUT2D eigenvalue weighted by atomic mass is 10.5. The maximum atomic E-state index is 10.8. The lowest BCUT2D eigenvalue weighted by Crippen LogP contribution is -2.33. The molecule has 0 saturated heterocycles. The van der Waals surface area contributed by atoms with Crippen LogP contribution in [-0.2, 0) is 9.84 Å². The molecule has 0 aromatic carbocycles. The molecule has 3 N–H and O–H groups in total. The molecule has 5 nitrogen and oxygen atoms in total. The van der Waals surface area contributed by atoms with Crippen LogP contribution in [0.1, 0.15) is 19.3 Å². The van der Waals surface area contributed by atoms with Crippen molar-refractivity contribution in [2.45, 2.75) is 25.3 Å². The maximum Gasteiger partial charge on any atom is 0.188 e. The molecule has 0 radical (unpaired) electrons. The van der Waals surface area contributed by atoms with E-state index in [0.717, 1.165) is 12.8 Å². The number of nitrogens with zero attached hydrogens (tertiary/aromatic N) is 1. The van der Waals surface area contributed by atoms with Gasteiger partial charge in [-0.2, -0.15) is 0 Å². The predicted molar refractivity (Wildman–Crippen MR) is 57.0 cm³/mol. The van der Waals surface area contributed by atoms with Crippen LogP contribution in [0.4, 0.5) is 0 Å². The third-order valence-corrected chi connectivity index (χ3v) is 2.92. The van der Waals surface area contributed by atoms with E-state index in [2.05, 4.69) is 10.3 Å². The number of guanidine groups is 1. The average Bonchev–Trinajstić information content (AvgIpc) is 2.80. The minimum absolute atomic E-state index is 0.174. The quantitative estimate of drug-likeness (QED) is 0.370. The SMILES string of the molecule is CS(=O)(=O)CCCN=C(N)NC1CC1. The number of rotatable bonds is 5. The van der Waals surface area contributed by atoms with Gasteiger partial charge in [0, 0.05) is 18.8 Å². The highest BCUT2D eigenvalue weighted by molar-refractivity contribution is 7.90. The molecule has 0 aromatic rings. The Morgan fingerprint density at radius 3 is 2.71 bits per heavy atom. The Balaban J connectivity index is 2.12. The van der Waals surface area contributed by atoms with E-state index >= 15 is 0 Å². The van der Waals surface area contributed by atoms with Gasteiger partial charge in [0.1, 0.15) is 9.84 Å². The molecule has 1 aliphatic rings. The molecule has 0 atom stereocenters. The minimum atomic E-state index is -2.86. The topological polar surface area (TPSA) is 84.5 Å². The summed E-state index contributed by atoms with van der Waals surface area (Å²) in [5, 5.41) is 3.03. The van der Waals surface area contributed by atoms with Gasteiger partial charge in [0.15, 0.2) is 5.96 Å². The Hall–Kier alpha value is -0.780. The highest BCUT2D eigenvalue weighted by Crippen LogP contribution is 2.17. The monoisotopic (exact) mass is 219 g/mol. The number of sulfone groups is 1. The summed E-state index contributed by atoms with van der Waals surface area (Å²) in [7, 11) is -2.86. The van der Waals surface area contributed by atoms with Crippen molar-refractivity contribution in [2.24, 2.45) is 10.7 Å². The third-order valence-electron chi connectivity index (χ3n) is 1.88. The second-order valence-electron chi connectivity index (χ2n) is 3.67. The molecule has 1 aliphatic carbocycles. The Morgan fingerprint density at radius 2 is 2.21 bits per heavy atom. The molecule has 0 spiro atoms. The van der Waals surface area contributed by atoms with Gasteiger partial charge in [-0.05, 0) is 19.3 Å². The smallest absolute Gasteiger partial charge is 0.188 e. The van der Waals surface area contributed by atoms with Crippen molar-refractivity contribution in [1.29, 1.82) is 0 Å². The zero-order chi connectivity index (χ0) is 10.6. The van der Waals surface area contributed by atoms with Crippen molar-refractivity contribution in [3.8, 4) is 0 Å². The van der Waals surface area contributed by atoms with Crippen LogP contribution in [-0.4, -0.2) is 39.0 Å². The van der Waals surface area contributed by atoms with Crippen molar-refractivity contribution < 1.29 is 8.42 Å². The van der Waals surface area contributed by atoms with Crippen molar-refractivity contribution in [1.82, 2.24) is 5.32 Å². The van der Waals surface area contributed by atoms with Crippen LogP contribution in [0.25, 0.3) is 0 Å². The molecule has 0 heterocycles. The van der Waals surface area contributed by atoms with Crippen LogP contribution in [0.5, 0.6) is 0 Å². The van der Waals surface area contributed by atoms with Crippen molar-refractivity contribution in [3.63, 3.8) is 0 Å². The average molecular weight is 219 g/mol. The van der Waals surface area contributed by atoms with Crippen LogP contribution in [0.2, 0.25) is 0 Å². The highest BCUT2D eigenvalue weighted by atomic mass is 32.2. The van der Waals surface area contributed by atoms with Crippen LogP contribution >= 0.6 is 0 Å². The summed E-state index contributed by atoms with van der Waals surface area (Å²) in [6, 6.07) is 0.494. The molecule has 0 bridgehead atoms. The molecule has 0 unspecified atom stereocenters. The summed E-state index contributed by atoms with van der Waals surface area (Å²) < 4.78 is 21.5. The number of hydrogen-bond acceptors (Lipinski definition) is 3. The Labute approximate surface area is 84.7 Å². The van der Waals surface area contributed by atoms with Crippen LogP contribution in [0, 0.1) is 0 Å². The van der Waals surface area contributed by atoms with E-state index in [4.69, 9.17) is 5.73 Å². The summed E-state index contributed by atoms with van der Waals surface area (Å²) >= 11 is 0. The molecule has 6 heteroatoms. The van der Waals surface area contributed by atoms with Crippen LogP contribution < -0.4 is 11.1 Å². The second kappa shape index (κ2) is 4.63. The van der Waals surface area contributed by atoms with E-state index in [1.54, 1.807) is 0 Å². The number of nitrogens with one attached hydrogen (secondary N) is 1. The van der Waals surface area contributed by atoms with Crippen molar-refractivity contribution in [2.75, 3.05) is 18.6 Å². The maximum absolute atomic E-state index is 10.8. The van der Waals surface area contributed by atoms with Gasteiger partial charge < -0.3 is 11.1 Å².